The van der Waals surface area contributed by atoms with Crippen LogP contribution in [0.15, 0.2) is 27.6 Å². The minimum atomic E-state index is -3.77. The van der Waals surface area contributed by atoms with E-state index in [2.05, 4.69) is 15.5 Å². The first-order valence-electron chi connectivity index (χ1n) is 9.14. The van der Waals surface area contributed by atoms with Crippen molar-refractivity contribution in [1.29, 1.82) is 0 Å². The van der Waals surface area contributed by atoms with Crippen molar-refractivity contribution in [3.63, 3.8) is 0 Å². The predicted octanol–water partition coefficient (Wildman–Crippen LogP) is 3.02. The topological polar surface area (TPSA) is 131 Å². The Morgan fingerprint density at radius 3 is 2.50 bits per heavy atom. The summed E-state index contributed by atoms with van der Waals surface area (Å²) in [5, 5.41) is 18.3. The second-order valence-electron chi connectivity index (χ2n) is 6.79. The Labute approximate surface area is 163 Å². The summed E-state index contributed by atoms with van der Waals surface area (Å²) in [4.78, 5) is 15.0. The van der Waals surface area contributed by atoms with Crippen LogP contribution in [0.1, 0.15) is 50.4 Å². The zero-order chi connectivity index (χ0) is 20.3. The van der Waals surface area contributed by atoms with E-state index in [9.17, 15) is 18.5 Å². The van der Waals surface area contributed by atoms with Gasteiger partial charge < -0.3 is 9.84 Å². The summed E-state index contributed by atoms with van der Waals surface area (Å²) in [6.45, 7) is 4.25. The van der Waals surface area contributed by atoms with E-state index in [-0.39, 0.29) is 16.3 Å². The van der Waals surface area contributed by atoms with E-state index in [4.69, 9.17) is 4.52 Å². The first-order chi connectivity index (χ1) is 13.3. The van der Waals surface area contributed by atoms with Crippen molar-refractivity contribution in [2.45, 2.75) is 50.5 Å². The second kappa shape index (κ2) is 8.23. The molecule has 1 aromatic carbocycles. The molecule has 1 aromatic heterocycles. The Kier molecular flexibility index (Phi) is 5.94. The van der Waals surface area contributed by atoms with Crippen LogP contribution in [0.4, 0.5) is 11.4 Å². The summed E-state index contributed by atoms with van der Waals surface area (Å²) in [6, 6.07) is 3.46. The van der Waals surface area contributed by atoms with Crippen molar-refractivity contribution < 1.29 is 17.9 Å². The van der Waals surface area contributed by atoms with Gasteiger partial charge in [0.05, 0.1) is 15.9 Å². The lowest BCUT2D eigenvalue weighted by atomic mass is 10.2. The second-order valence-corrected chi connectivity index (χ2v) is 8.73. The number of aromatic nitrogens is 2. The lowest BCUT2D eigenvalue weighted by Gasteiger charge is -2.20. The molecule has 1 N–H and O–H groups in total. The van der Waals surface area contributed by atoms with Gasteiger partial charge in [0, 0.05) is 26.1 Å². The van der Waals surface area contributed by atoms with Crippen LogP contribution in [0.5, 0.6) is 0 Å². The third-order valence-corrected chi connectivity index (χ3v) is 6.57. The number of nitro benzene ring substituents is 1. The first-order valence-corrected chi connectivity index (χ1v) is 10.6. The lowest BCUT2D eigenvalue weighted by molar-refractivity contribution is -0.384. The fourth-order valence-electron chi connectivity index (χ4n) is 3.16. The molecule has 152 valence electrons. The van der Waals surface area contributed by atoms with Crippen molar-refractivity contribution in [2.75, 3.05) is 18.4 Å². The number of sulfonamides is 1. The molecule has 0 bridgehead atoms. The monoisotopic (exact) mass is 409 g/mol. The van der Waals surface area contributed by atoms with Gasteiger partial charge in [-0.2, -0.15) is 9.29 Å². The fraction of sp³-hybridized carbons (Fsp3) is 0.529. The molecule has 28 heavy (non-hydrogen) atoms. The molecule has 2 aromatic rings. The number of rotatable bonds is 6. The van der Waals surface area contributed by atoms with Crippen LogP contribution in [-0.4, -0.2) is 40.9 Å². The van der Waals surface area contributed by atoms with Crippen molar-refractivity contribution >= 4 is 21.4 Å². The molecule has 0 amide bonds. The van der Waals surface area contributed by atoms with Crippen LogP contribution >= 0.6 is 0 Å². The van der Waals surface area contributed by atoms with E-state index in [1.807, 2.05) is 0 Å². The minimum absolute atomic E-state index is 0.0743. The smallest absolute Gasteiger partial charge is 0.293 e. The van der Waals surface area contributed by atoms with Crippen LogP contribution in [0.3, 0.4) is 0 Å². The molecule has 3 rings (SSSR count). The number of aryl methyl sites for hydroxylation is 1. The number of anilines is 1. The number of hydrogen-bond donors (Lipinski definition) is 1. The first kappa shape index (κ1) is 20.2. The zero-order valence-corrected chi connectivity index (χ0v) is 16.6. The van der Waals surface area contributed by atoms with Gasteiger partial charge in [0.15, 0.2) is 5.82 Å². The fourth-order valence-corrected chi connectivity index (χ4v) is 4.70. The molecule has 0 spiro atoms. The highest BCUT2D eigenvalue weighted by Gasteiger charge is 2.28. The molecule has 11 heteroatoms. The van der Waals surface area contributed by atoms with Crippen molar-refractivity contribution in [3.8, 4) is 0 Å². The average Bonchev–Trinajstić information content (AvgIpc) is 2.91. The van der Waals surface area contributed by atoms with Crippen molar-refractivity contribution in [2.24, 2.45) is 0 Å². The Morgan fingerprint density at radius 1 is 1.25 bits per heavy atom. The summed E-state index contributed by atoms with van der Waals surface area (Å²) in [7, 11) is -3.77. The van der Waals surface area contributed by atoms with Gasteiger partial charge >= 0.3 is 0 Å². The van der Waals surface area contributed by atoms with E-state index in [1.165, 1.54) is 16.4 Å². The highest BCUT2D eigenvalue weighted by molar-refractivity contribution is 7.89. The molecule has 0 saturated carbocycles. The summed E-state index contributed by atoms with van der Waals surface area (Å²) < 4.78 is 32.2. The van der Waals surface area contributed by atoms with E-state index >= 15 is 0 Å². The highest BCUT2D eigenvalue weighted by Crippen LogP contribution is 2.31. The van der Waals surface area contributed by atoms with Crippen molar-refractivity contribution in [1.82, 2.24) is 14.4 Å². The van der Waals surface area contributed by atoms with Crippen LogP contribution < -0.4 is 5.32 Å². The molecular formula is C17H23N5O5S. The molecule has 0 aliphatic carbocycles. The number of nitrogens with zero attached hydrogens (tertiary/aromatic N) is 4. The normalized spacial score (nSPS) is 17.1. The van der Waals surface area contributed by atoms with Crippen LogP contribution in [-0.2, 0) is 10.0 Å². The number of benzene rings is 1. The number of hydrogen-bond acceptors (Lipinski definition) is 8. The van der Waals surface area contributed by atoms with Crippen LogP contribution in [0, 0.1) is 17.0 Å². The molecule has 0 radical (unpaired) electrons. The average molecular weight is 409 g/mol. The standard InChI is InChI=1S/C17H23N5O5S/c1-12(17-19-13(2)27-20-17)18-15-8-7-14(11-16(15)22(23)24)28(25,26)21-9-5-3-4-6-10-21/h7-8,11-12,18H,3-6,9-10H2,1-2H3/t12-/m1/s1. The highest BCUT2D eigenvalue weighted by atomic mass is 32.2. The largest absolute Gasteiger partial charge is 0.370 e. The third kappa shape index (κ3) is 4.30. The Hall–Kier alpha value is -2.53. The summed E-state index contributed by atoms with van der Waals surface area (Å²) in [5.74, 6) is 0.741. The number of nitro groups is 1. The van der Waals surface area contributed by atoms with Crippen LogP contribution in [0.2, 0.25) is 0 Å². The summed E-state index contributed by atoms with van der Waals surface area (Å²) in [5.41, 5.74) is -0.127. The Balaban J connectivity index is 1.89. The molecule has 2 heterocycles. The van der Waals surface area contributed by atoms with Gasteiger partial charge in [-0.1, -0.05) is 18.0 Å². The molecule has 1 saturated heterocycles. The molecule has 1 atom stereocenters. The third-order valence-electron chi connectivity index (χ3n) is 4.67. The van der Waals surface area contributed by atoms with E-state index in [0.717, 1.165) is 31.7 Å². The Bertz CT molecular complexity index is 951. The molecular weight excluding hydrogens is 386 g/mol. The Morgan fingerprint density at radius 2 is 1.93 bits per heavy atom. The maximum Gasteiger partial charge on any atom is 0.293 e. The van der Waals surface area contributed by atoms with Gasteiger partial charge in [-0.15, -0.1) is 0 Å². The zero-order valence-electron chi connectivity index (χ0n) is 15.8. The quantitative estimate of drug-likeness (QED) is 0.569. The SMILES string of the molecule is Cc1nc([C@@H](C)Nc2ccc(S(=O)(=O)N3CCCCCC3)cc2[N+](=O)[O-])no1. The minimum Gasteiger partial charge on any atom is -0.370 e. The van der Waals surface area contributed by atoms with Crippen LogP contribution in [0.25, 0.3) is 0 Å². The molecule has 0 unspecified atom stereocenters. The maximum atomic E-state index is 12.9. The van der Waals surface area contributed by atoms with Gasteiger partial charge in [-0.3, -0.25) is 10.1 Å². The lowest BCUT2D eigenvalue weighted by Crippen LogP contribution is -2.32. The van der Waals surface area contributed by atoms with Crippen molar-refractivity contribution in [3.05, 3.63) is 40.0 Å². The van der Waals surface area contributed by atoms with Gasteiger partial charge in [0.2, 0.25) is 15.9 Å². The van der Waals surface area contributed by atoms with Gasteiger partial charge in [0.1, 0.15) is 5.69 Å². The maximum absolute atomic E-state index is 12.9. The van der Waals surface area contributed by atoms with Gasteiger partial charge in [-0.25, -0.2) is 8.42 Å². The van der Waals surface area contributed by atoms with Gasteiger partial charge in [0.25, 0.3) is 5.69 Å². The summed E-state index contributed by atoms with van der Waals surface area (Å²) in [6.07, 6.45) is 3.57. The molecule has 1 aliphatic rings. The molecule has 10 nitrogen and oxygen atoms in total. The number of nitrogens with one attached hydrogen (secondary N) is 1. The van der Waals surface area contributed by atoms with E-state index in [1.54, 1.807) is 13.8 Å². The van der Waals surface area contributed by atoms with E-state index in [0.29, 0.717) is 24.8 Å². The molecule has 1 fully saturated rings. The molecule has 1 aliphatic heterocycles. The summed E-state index contributed by atoms with van der Waals surface area (Å²) >= 11 is 0. The predicted molar refractivity (Wildman–Crippen MR) is 101 cm³/mol. The van der Waals surface area contributed by atoms with E-state index < -0.39 is 21.0 Å². The van der Waals surface area contributed by atoms with Gasteiger partial charge in [-0.05, 0) is 31.9 Å².